The molecular weight excluding hydrogens is 576 g/mol. The van der Waals surface area contributed by atoms with E-state index in [9.17, 15) is 14.9 Å². The van der Waals surface area contributed by atoms with E-state index in [1.807, 2.05) is 48.5 Å². The van der Waals surface area contributed by atoms with Crippen molar-refractivity contribution in [3.8, 4) is 0 Å². The number of amides is 1. The Hall–Kier alpha value is -4.16. The number of anilines is 3. The van der Waals surface area contributed by atoms with Gasteiger partial charge in [0.1, 0.15) is 18.7 Å². The number of quaternary nitrogens is 1. The summed E-state index contributed by atoms with van der Waals surface area (Å²) >= 11 is 3.48. The number of nitrogens with zero attached hydrogens (tertiary/aromatic N) is 6. The van der Waals surface area contributed by atoms with Crippen molar-refractivity contribution in [2.24, 2.45) is 7.05 Å². The van der Waals surface area contributed by atoms with E-state index in [0.717, 1.165) is 53.4 Å². The first-order chi connectivity index (χ1) is 19.3. The number of rotatable bonds is 9. The fourth-order valence-electron chi connectivity index (χ4n) is 5.19. The minimum atomic E-state index is -0.423. The highest BCUT2D eigenvalue weighted by Gasteiger charge is 2.34. The molecule has 0 saturated carbocycles. The van der Waals surface area contributed by atoms with Crippen molar-refractivity contribution in [1.29, 1.82) is 0 Å². The average Bonchev–Trinajstić information content (AvgIpc) is 3.29. The lowest BCUT2D eigenvalue weighted by Gasteiger charge is -2.40. The first-order valence-corrected chi connectivity index (χ1v) is 13.9. The van der Waals surface area contributed by atoms with Crippen molar-refractivity contribution in [2.75, 3.05) is 30.3 Å². The van der Waals surface area contributed by atoms with Crippen molar-refractivity contribution < 1.29 is 14.2 Å². The van der Waals surface area contributed by atoms with Crippen LogP contribution in [0.2, 0.25) is 0 Å². The van der Waals surface area contributed by atoms with Crippen molar-refractivity contribution in [1.82, 2.24) is 19.5 Å². The molecule has 1 saturated heterocycles. The molecule has 1 amide bonds. The zero-order chi connectivity index (χ0) is 28.1. The number of aromatic nitrogens is 4. The third kappa shape index (κ3) is 6.35. The molecule has 1 aliphatic rings. The van der Waals surface area contributed by atoms with Crippen molar-refractivity contribution in [3.05, 3.63) is 87.6 Å². The van der Waals surface area contributed by atoms with E-state index in [0.29, 0.717) is 34.8 Å². The Morgan fingerprint density at radius 2 is 1.95 bits per heavy atom. The fraction of sp³-hybridized carbons (Fsp3) is 0.286. The Morgan fingerprint density at radius 1 is 1.12 bits per heavy atom. The quantitative estimate of drug-likeness (QED) is 0.112. The van der Waals surface area contributed by atoms with E-state index in [-0.39, 0.29) is 11.7 Å². The van der Waals surface area contributed by atoms with Gasteiger partial charge in [-0.2, -0.15) is 0 Å². The Kier molecular flexibility index (Phi) is 8.17. The molecule has 4 aromatic rings. The van der Waals surface area contributed by atoms with Gasteiger partial charge in [-0.15, -0.1) is 0 Å². The van der Waals surface area contributed by atoms with Crippen LogP contribution < -0.4 is 10.6 Å². The highest BCUT2D eigenvalue weighted by Crippen LogP contribution is 2.28. The van der Waals surface area contributed by atoms with Gasteiger partial charge in [-0.1, -0.05) is 22.0 Å². The second-order valence-electron chi connectivity index (χ2n) is 10.1. The molecule has 0 unspecified atom stereocenters. The number of hydrogen-bond donors (Lipinski definition) is 2. The number of aryl methyl sites for hydroxylation is 1. The van der Waals surface area contributed by atoms with Crippen LogP contribution in [0.4, 0.5) is 23.0 Å². The maximum Gasteiger partial charge on any atom is 0.390 e. The maximum atomic E-state index is 12.9. The molecule has 2 aromatic heterocycles. The smallest absolute Gasteiger partial charge is 0.358 e. The number of carbonyl (C=O) groups is 1. The normalized spacial score (nSPS) is 14.8. The van der Waals surface area contributed by atoms with Crippen LogP contribution >= 0.6 is 15.9 Å². The van der Waals surface area contributed by atoms with E-state index < -0.39 is 4.92 Å². The molecule has 11 nitrogen and oxygen atoms in total. The summed E-state index contributed by atoms with van der Waals surface area (Å²) in [6.07, 6.45) is 9.63. The largest absolute Gasteiger partial charge is 0.390 e. The summed E-state index contributed by atoms with van der Waals surface area (Å²) in [4.78, 5) is 36.7. The lowest BCUT2D eigenvalue weighted by atomic mass is 10.1. The molecule has 5 rings (SSSR count). The Morgan fingerprint density at radius 3 is 2.73 bits per heavy atom. The van der Waals surface area contributed by atoms with Crippen LogP contribution in [0.25, 0.3) is 10.9 Å². The minimum absolute atomic E-state index is 0.0960. The molecule has 1 aliphatic heterocycles. The second-order valence-corrected chi connectivity index (χ2v) is 11.0. The topological polar surface area (TPSA) is 128 Å². The molecule has 206 valence electrons. The van der Waals surface area contributed by atoms with Gasteiger partial charge in [0.25, 0.3) is 0 Å². The minimum Gasteiger partial charge on any atom is -0.358 e. The standard InChI is InChI=1S/C28H29BrN8O3/c1-35-19-32-28(36(39)40)25(35)17-37(12-3-2-4-13-37)14-6-9-26(38)33-22-10-11-24-23(16-22)27(31-18-30-24)34-21-8-5-7-20(29)15-21/h5-11,15-16,18-19H,2-4,12-14,17H2,1H3,(H-,30,31,33,34,38)/p+1. The summed E-state index contributed by atoms with van der Waals surface area (Å²) in [6.45, 7) is 2.89. The number of carbonyl (C=O) groups excluding carboxylic acids is 1. The molecule has 0 radical (unpaired) electrons. The van der Waals surface area contributed by atoms with Crippen molar-refractivity contribution in [3.63, 3.8) is 0 Å². The van der Waals surface area contributed by atoms with Gasteiger partial charge >= 0.3 is 5.82 Å². The van der Waals surface area contributed by atoms with Gasteiger partial charge in [-0.25, -0.2) is 9.97 Å². The van der Waals surface area contributed by atoms with Crippen LogP contribution in [-0.4, -0.2) is 54.5 Å². The van der Waals surface area contributed by atoms with Crippen LogP contribution in [0.15, 0.2) is 71.7 Å². The SMILES string of the molecule is Cn1cnc([N+](=O)[O-])c1C[N+]1(CC=CC(=O)Nc2ccc3ncnc(Nc4cccc(Br)c4)c3c2)CCCCC1. The molecular formula is C28H30BrN8O3+. The number of halogens is 1. The van der Waals surface area contributed by atoms with Gasteiger partial charge in [-0.05, 0) is 71.6 Å². The zero-order valence-corrected chi connectivity index (χ0v) is 23.7. The molecule has 0 atom stereocenters. The van der Waals surface area contributed by atoms with E-state index in [4.69, 9.17) is 0 Å². The fourth-order valence-corrected chi connectivity index (χ4v) is 5.59. The molecule has 0 bridgehead atoms. The Labute approximate surface area is 239 Å². The first-order valence-electron chi connectivity index (χ1n) is 13.1. The lowest BCUT2D eigenvalue weighted by Crippen LogP contribution is -2.51. The Bertz CT molecular complexity index is 1580. The van der Waals surface area contributed by atoms with E-state index in [1.54, 1.807) is 17.7 Å². The molecule has 40 heavy (non-hydrogen) atoms. The highest BCUT2D eigenvalue weighted by molar-refractivity contribution is 9.10. The van der Waals surface area contributed by atoms with E-state index in [2.05, 4.69) is 41.5 Å². The predicted molar refractivity (Wildman–Crippen MR) is 157 cm³/mol. The second kappa shape index (κ2) is 11.9. The monoisotopic (exact) mass is 605 g/mol. The number of fused-ring (bicyclic) bond motifs is 1. The number of benzene rings is 2. The van der Waals surface area contributed by atoms with E-state index in [1.165, 1.54) is 12.7 Å². The van der Waals surface area contributed by atoms with Gasteiger partial charge in [0, 0.05) is 34.4 Å². The van der Waals surface area contributed by atoms with Crippen LogP contribution in [0.1, 0.15) is 25.0 Å². The summed E-state index contributed by atoms with van der Waals surface area (Å²) in [6, 6.07) is 13.3. The Balaban J connectivity index is 1.29. The molecule has 2 N–H and O–H groups in total. The van der Waals surface area contributed by atoms with Gasteiger partial charge in [0.15, 0.2) is 5.69 Å². The molecule has 0 spiro atoms. The van der Waals surface area contributed by atoms with Crippen LogP contribution in [-0.2, 0) is 18.4 Å². The molecule has 1 fully saturated rings. The summed E-state index contributed by atoms with van der Waals surface area (Å²) in [5.41, 5.74) is 2.86. The third-order valence-corrected chi connectivity index (χ3v) is 7.71. The first kappa shape index (κ1) is 27.4. The summed E-state index contributed by atoms with van der Waals surface area (Å²) < 4.78 is 3.33. The molecule has 2 aromatic carbocycles. The van der Waals surface area contributed by atoms with Gasteiger partial charge < -0.3 is 29.8 Å². The van der Waals surface area contributed by atoms with Crippen molar-refractivity contribution in [2.45, 2.75) is 25.8 Å². The number of likely N-dealkylation sites (tertiary alicyclic amines) is 1. The number of piperidine rings is 1. The van der Waals surface area contributed by atoms with Gasteiger partial charge in [0.2, 0.25) is 12.2 Å². The van der Waals surface area contributed by atoms with Crippen molar-refractivity contribution >= 4 is 55.8 Å². The highest BCUT2D eigenvalue weighted by atomic mass is 79.9. The van der Waals surface area contributed by atoms with Crippen LogP contribution in [0, 0.1) is 10.1 Å². The number of hydrogen-bond acceptors (Lipinski definition) is 7. The maximum absolute atomic E-state index is 12.9. The lowest BCUT2D eigenvalue weighted by molar-refractivity contribution is -0.940. The molecule has 0 aliphatic carbocycles. The zero-order valence-electron chi connectivity index (χ0n) is 22.1. The number of nitrogens with one attached hydrogen (secondary N) is 2. The summed E-state index contributed by atoms with van der Waals surface area (Å²) in [5, 5.41) is 18.5. The summed E-state index contributed by atoms with van der Waals surface area (Å²) in [5.74, 6) is 0.288. The van der Waals surface area contributed by atoms with Gasteiger partial charge in [-0.3, -0.25) is 4.79 Å². The third-order valence-electron chi connectivity index (χ3n) is 7.21. The molecule has 12 heteroatoms. The number of imidazole rings is 1. The predicted octanol–water partition coefficient (Wildman–Crippen LogP) is 5.47. The van der Waals surface area contributed by atoms with Crippen LogP contribution in [0.5, 0.6) is 0 Å². The number of nitro groups is 1. The average molecular weight is 607 g/mol. The van der Waals surface area contributed by atoms with Crippen LogP contribution in [0.3, 0.4) is 0 Å². The molecule has 3 heterocycles. The van der Waals surface area contributed by atoms with Gasteiger partial charge in [0.05, 0.1) is 25.2 Å². The van der Waals surface area contributed by atoms with E-state index >= 15 is 0 Å². The summed E-state index contributed by atoms with van der Waals surface area (Å²) in [7, 11) is 1.79.